The van der Waals surface area contributed by atoms with Gasteiger partial charge < -0.3 is 5.32 Å². The summed E-state index contributed by atoms with van der Waals surface area (Å²) in [7, 11) is 0. The zero-order valence-electron chi connectivity index (χ0n) is 6.65. The van der Waals surface area contributed by atoms with Gasteiger partial charge in [0, 0.05) is 5.69 Å². The van der Waals surface area contributed by atoms with Crippen LogP contribution >= 0.6 is 11.5 Å². The number of rotatable bonds is 2. The SMILES string of the molecule is O=c1nc(Nc2ccccc2)s[nH]1. The van der Waals surface area contributed by atoms with Crippen LogP contribution in [-0.2, 0) is 0 Å². The van der Waals surface area contributed by atoms with Crippen molar-refractivity contribution in [3.63, 3.8) is 0 Å². The van der Waals surface area contributed by atoms with Gasteiger partial charge in [0.25, 0.3) is 0 Å². The summed E-state index contributed by atoms with van der Waals surface area (Å²) in [4.78, 5) is 14.4. The smallest absolute Gasteiger partial charge is 0.330 e. The summed E-state index contributed by atoms with van der Waals surface area (Å²) in [6.07, 6.45) is 0. The molecule has 0 radical (unpaired) electrons. The van der Waals surface area contributed by atoms with Gasteiger partial charge in [-0.3, -0.25) is 4.37 Å². The van der Waals surface area contributed by atoms with E-state index in [1.165, 1.54) is 11.5 Å². The first-order valence-corrected chi connectivity index (χ1v) is 4.54. The molecule has 0 aliphatic rings. The van der Waals surface area contributed by atoms with Gasteiger partial charge in [-0.15, -0.1) is 0 Å². The Morgan fingerprint density at radius 2 is 2.08 bits per heavy atom. The lowest BCUT2D eigenvalue weighted by Crippen LogP contribution is -2.01. The lowest BCUT2D eigenvalue weighted by molar-refractivity contribution is 1.21. The molecular weight excluding hydrogens is 186 g/mol. The molecule has 1 aromatic carbocycles. The van der Waals surface area contributed by atoms with Gasteiger partial charge in [-0.05, 0) is 23.7 Å². The molecule has 4 nitrogen and oxygen atoms in total. The third-order valence-electron chi connectivity index (χ3n) is 1.46. The van der Waals surface area contributed by atoms with Crippen molar-refractivity contribution in [3.05, 3.63) is 40.8 Å². The second-order valence-electron chi connectivity index (χ2n) is 2.42. The van der Waals surface area contributed by atoms with Crippen molar-refractivity contribution >= 4 is 22.4 Å². The molecule has 0 aliphatic heterocycles. The Morgan fingerprint density at radius 1 is 1.31 bits per heavy atom. The zero-order valence-corrected chi connectivity index (χ0v) is 7.47. The van der Waals surface area contributed by atoms with Crippen LogP contribution in [0.5, 0.6) is 0 Å². The third kappa shape index (κ3) is 1.94. The van der Waals surface area contributed by atoms with E-state index in [2.05, 4.69) is 14.7 Å². The maximum Gasteiger partial charge on any atom is 0.357 e. The minimum Gasteiger partial charge on any atom is -0.330 e. The molecule has 5 heteroatoms. The molecule has 0 bridgehead atoms. The van der Waals surface area contributed by atoms with E-state index in [1.807, 2.05) is 30.3 Å². The molecule has 0 spiro atoms. The van der Waals surface area contributed by atoms with E-state index in [0.29, 0.717) is 5.13 Å². The summed E-state index contributed by atoms with van der Waals surface area (Å²) < 4.78 is 2.50. The number of benzene rings is 1. The summed E-state index contributed by atoms with van der Waals surface area (Å²) in [5.41, 5.74) is 0.605. The standard InChI is InChI=1S/C8H7N3OS/c12-7-10-8(13-11-7)9-6-4-2-1-3-5-6/h1-5H,(H2,9,10,11,12). The second kappa shape index (κ2) is 3.40. The zero-order chi connectivity index (χ0) is 9.10. The van der Waals surface area contributed by atoms with Crippen molar-refractivity contribution in [3.8, 4) is 0 Å². The van der Waals surface area contributed by atoms with Gasteiger partial charge in [-0.1, -0.05) is 18.2 Å². The fourth-order valence-corrected chi connectivity index (χ4v) is 1.46. The van der Waals surface area contributed by atoms with Crippen molar-refractivity contribution in [2.45, 2.75) is 0 Å². The summed E-state index contributed by atoms with van der Waals surface area (Å²) in [6, 6.07) is 9.57. The van der Waals surface area contributed by atoms with Gasteiger partial charge >= 0.3 is 5.69 Å². The highest BCUT2D eigenvalue weighted by atomic mass is 32.1. The molecule has 1 aromatic heterocycles. The summed E-state index contributed by atoms with van der Waals surface area (Å²) in [5, 5.41) is 3.58. The summed E-state index contributed by atoms with van der Waals surface area (Å²) in [5.74, 6) is 0. The van der Waals surface area contributed by atoms with Crippen molar-refractivity contribution in [1.82, 2.24) is 9.36 Å². The van der Waals surface area contributed by atoms with Gasteiger partial charge in [0.2, 0.25) is 5.13 Å². The number of para-hydroxylation sites is 1. The fourth-order valence-electron chi connectivity index (χ4n) is 0.928. The Bertz CT molecular complexity index is 434. The van der Waals surface area contributed by atoms with Crippen LogP contribution in [0.1, 0.15) is 0 Å². The monoisotopic (exact) mass is 193 g/mol. The Labute approximate surface area is 78.4 Å². The van der Waals surface area contributed by atoms with Crippen LogP contribution in [0.4, 0.5) is 10.8 Å². The number of nitrogens with one attached hydrogen (secondary N) is 2. The van der Waals surface area contributed by atoms with Crippen molar-refractivity contribution in [2.75, 3.05) is 5.32 Å². The van der Waals surface area contributed by atoms with E-state index >= 15 is 0 Å². The van der Waals surface area contributed by atoms with E-state index < -0.39 is 0 Å². The Balaban J connectivity index is 2.20. The number of nitrogens with zero attached hydrogens (tertiary/aromatic N) is 1. The molecule has 2 N–H and O–H groups in total. The van der Waals surface area contributed by atoms with E-state index in [4.69, 9.17) is 0 Å². The summed E-state index contributed by atoms with van der Waals surface area (Å²) >= 11 is 1.18. The predicted octanol–water partition coefficient (Wildman–Crippen LogP) is 1.57. The predicted molar refractivity (Wildman–Crippen MR) is 52.5 cm³/mol. The van der Waals surface area contributed by atoms with Crippen molar-refractivity contribution in [1.29, 1.82) is 0 Å². The summed E-state index contributed by atoms with van der Waals surface area (Å²) in [6.45, 7) is 0. The quantitative estimate of drug-likeness (QED) is 0.761. The molecule has 1 heterocycles. The Morgan fingerprint density at radius 3 is 2.69 bits per heavy atom. The van der Waals surface area contributed by atoms with Crippen LogP contribution in [0, 0.1) is 0 Å². The average Bonchev–Trinajstić information content (AvgIpc) is 2.53. The first-order chi connectivity index (χ1) is 6.34. The Kier molecular flexibility index (Phi) is 2.09. The maximum absolute atomic E-state index is 10.7. The van der Waals surface area contributed by atoms with E-state index in [0.717, 1.165) is 5.69 Å². The number of hydrogen-bond acceptors (Lipinski definition) is 4. The van der Waals surface area contributed by atoms with E-state index in [-0.39, 0.29) is 5.69 Å². The van der Waals surface area contributed by atoms with Crippen LogP contribution < -0.4 is 11.0 Å². The lowest BCUT2D eigenvalue weighted by Gasteiger charge is -1.98. The fraction of sp³-hybridized carbons (Fsp3) is 0. The van der Waals surface area contributed by atoms with E-state index in [9.17, 15) is 4.79 Å². The van der Waals surface area contributed by atoms with Crippen LogP contribution in [0.15, 0.2) is 35.1 Å². The van der Waals surface area contributed by atoms with Gasteiger partial charge in [-0.2, -0.15) is 4.98 Å². The number of hydrogen-bond donors (Lipinski definition) is 2. The first-order valence-electron chi connectivity index (χ1n) is 3.72. The average molecular weight is 193 g/mol. The van der Waals surface area contributed by atoms with Crippen LogP contribution in [-0.4, -0.2) is 9.36 Å². The van der Waals surface area contributed by atoms with Gasteiger partial charge in [0.15, 0.2) is 0 Å². The number of aromatic nitrogens is 2. The number of anilines is 2. The molecule has 0 saturated heterocycles. The molecule has 0 aliphatic carbocycles. The molecule has 66 valence electrons. The van der Waals surface area contributed by atoms with Gasteiger partial charge in [0.1, 0.15) is 0 Å². The molecular formula is C8H7N3OS. The highest BCUT2D eigenvalue weighted by Gasteiger charge is 1.97. The largest absolute Gasteiger partial charge is 0.357 e. The van der Waals surface area contributed by atoms with Gasteiger partial charge in [0.05, 0.1) is 0 Å². The molecule has 2 rings (SSSR count). The topological polar surface area (TPSA) is 57.8 Å². The minimum atomic E-state index is -0.316. The number of aromatic amines is 1. The Hall–Kier alpha value is -1.62. The van der Waals surface area contributed by atoms with Crippen LogP contribution in [0.25, 0.3) is 0 Å². The molecule has 0 amide bonds. The molecule has 0 atom stereocenters. The maximum atomic E-state index is 10.7. The van der Waals surface area contributed by atoms with Crippen LogP contribution in [0.2, 0.25) is 0 Å². The highest BCUT2D eigenvalue weighted by molar-refractivity contribution is 7.09. The molecule has 0 fully saturated rings. The van der Waals surface area contributed by atoms with Gasteiger partial charge in [-0.25, -0.2) is 4.79 Å². The highest BCUT2D eigenvalue weighted by Crippen LogP contribution is 2.14. The van der Waals surface area contributed by atoms with Crippen LogP contribution in [0.3, 0.4) is 0 Å². The molecule has 0 unspecified atom stereocenters. The lowest BCUT2D eigenvalue weighted by atomic mass is 10.3. The molecule has 13 heavy (non-hydrogen) atoms. The first kappa shape index (κ1) is 8.00. The third-order valence-corrected chi connectivity index (χ3v) is 2.13. The second-order valence-corrected chi connectivity index (χ2v) is 3.21. The van der Waals surface area contributed by atoms with Crippen molar-refractivity contribution < 1.29 is 0 Å². The minimum absolute atomic E-state index is 0.316. The van der Waals surface area contributed by atoms with E-state index in [1.54, 1.807) is 0 Å². The number of H-pyrrole nitrogens is 1. The normalized spacial score (nSPS) is 9.85. The molecule has 0 saturated carbocycles. The van der Waals surface area contributed by atoms with Crippen molar-refractivity contribution in [2.24, 2.45) is 0 Å². The molecule has 2 aromatic rings.